The molecular weight excluding hydrogens is 367 g/mol. The number of hydrogen-bond donors (Lipinski definition) is 2. The van der Waals surface area contributed by atoms with Gasteiger partial charge in [0.2, 0.25) is 0 Å². The van der Waals surface area contributed by atoms with Crippen LogP contribution in [0.2, 0.25) is 0 Å². The van der Waals surface area contributed by atoms with Crippen LogP contribution in [0.25, 0.3) is 6.08 Å². The lowest BCUT2D eigenvalue weighted by Gasteiger charge is -2.09. The van der Waals surface area contributed by atoms with E-state index in [-0.39, 0.29) is 17.3 Å². The fourth-order valence-corrected chi connectivity index (χ4v) is 3.36. The third kappa shape index (κ3) is 4.20. The molecule has 2 N–H and O–H groups in total. The molecule has 1 aliphatic rings. The number of phenols is 1. The monoisotopic (exact) mass is 384 g/mol. The smallest absolute Gasteiger partial charge is 0.264 e. The predicted octanol–water partition coefficient (Wildman–Crippen LogP) is 4.16. The van der Waals surface area contributed by atoms with Crippen LogP contribution in [0.1, 0.15) is 11.1 Å². The summed E-state index contributed by atoms with van der Waals surface area (Å²) < 4.78 is 18.9. The molecule has 0 bridgehead atoms. The Bertz CT molecular complexity index is 970. The Balaban J connectivity index is 1.92. The Morgan fingerprint density at radius 2 is 2.15 bits per heavy atom. The molecule has 0 atom stereocenters. The number of aromatic hydroxyl groups is 1. The van der Waals surface area contributed by atoms with Crippen molar-refractivity contribution in [1.29, 1.82) is 0 Å². The molecule has 1 amide bonds. The third-order valence-electron chi connectivity index (χ3n) is 3.78. The van der Waals surface area contributed by atoms with E-state index >= 15 is 0 Å². The molecule has 0 spiro atoms. The zero-order valence-corrected chi connectivity index (χ0v) is 15.3. The molecule has 0 saturated carbocycles. The number of thioether (sulfide) groups is 1. The van der Waals surface area contributed by atoms with Crippen LogP contribution in [0.5, 0.6) is 11.5 Å². The first kappa shape index (κ1) is 18.7. The van der Waals surface area contributed by atoms with Crippen molar-refractivity contribution in [2.75, 3.05) is 7.11 Å². The zero-order chi connectivity index (χ0) is 19.4. The molecule has 1 saturated heterocycles. The molecule has 2 aromatic rings. The second kappa shape index (κ2) is 8.09. The van der Waals surface area contributed by atoms with Gasteiger partial charge in [-0.1, -0.05) is 18.2 Å². The molecule has 1 heterocycles. The molecule has 27 heavy (non-hydrogen) atoms. The minimum atomic E-state index is -0.463. The highest BCUT2D eigenvalue weighted by Crippen LogP contribution is 2.35. The summed E-state index contributed by atoms with van der Waals surface area (Å²) in [5.74, 6) is -0.434. The van der Waals surface area contributed by atoms with E-state index in [2.05, 4.69) is 16.9 Å². The number of halogens is 1. The van der Waals surface area contributed by atoms with Crippen molar-refractivity contribution in [3.8, 4) is 11.5 Å². The van der Waals surface area contributed by atoms with Crippen LogP contribution in [0.15, 0.2) is 59.0 Å². The predicted molar refractivity (Wildman–Crippen MR) is 106 cm³/mol. The van der Waals surface area contributed by atoms with Gasteiger partial charge in [0, 0.05) is 5.56 Å². The van der Waals surface area contributed by atoms with E-state index in [9.17, 15) is 14.3 Å². The van der Waals surface area contributed by atoms with Gasteiger partial charge in [-0.3, -0.25) is 4.79 Å². The maximum atomic E-state index is 13.7. The van der Waals surface area contributed by atoms with Crippen molar-refractivity contribution in [1.82, 2.24) is 5.32 Å². The number of benzene rings is 2. The van der Waals surface area contributed by atoms with Gasteiger partial charge in [0.05, 0.1) is 12.0 Å². The number of ether oxygens (including phenoxy) is 1. The maximum Gasteiger partial charge on any atom is 0.264 e. The quantitative estimate of drug-likeness (QED) is 0.600. The minimum absolute atomic E-state index is 0.0462. The first-order valence-electron chi connectivity index (χ1n) is 8.06. The standard InChI is InChI=1S/C20H17FN2O3S/c1-3-6-13-9-12(10-16(26-2)18(13)24)11-17-19(25)23-20(27-17)22-15-8-5-4-7-14(15)21/h3-5,7-11,24H,1,6H2,2H3,(H,22,23,25)/b17-11-. The number of methoxy groups -OCH3 is 1. The molecule has 2 aromatic carbocycles. The molecule has 0 aromatic heterocycles. The molecule has 0 unspecified atom stereocenters. The van der Waals surface area contributed by atoms with E-state index in [1.807, 2.05) is 0 Å². The number of carbonyl (C=O) groups is 1. The van der Waals surface area contributed by atoms with Crippen molar-refractivity contribution < 1.29 is 19.0 Å². The van der Waals surface area contributed by atoms with Gasteiger partial charge in [0.1, 0.15) is 11.5 Å². The number of rotatable bonds is 5. The summed E-state index contributed by atoms with van der Waals surface area (Å²) >= 11 is 1.11. The number of nitrogens with zero attached hydrogens (tertiary/aromatic N) is 1. The lowest BCUT2D eigenvalue weighted by atomic mass is 10.1. The van der Waals surface area contributed by atoms with E-state index in [4.69, 9.17) is 4.74 Å². The van der Waals surface area contributed by atoms with Crippen molar-refractivity contribution >= 4 is 34.6 Å². The number of phenolic OH excluding ortho intramolecular Hbond substituents is 1. The highest BCUT2D eigenvalue weighted by atomic mass is 32.2. The Morgan fingerprint density at radius 1 is 1.37 bits per heavy atom. The number of para-hydroxylation sites is 1. The summed E-state index contributed by atoms with van der Waals surface area (Å²) in [6, 6.07) is 9.47. The number of allylic oxidation sites excluding steroid dienone is 1. The average molecular weight is 384 g/mol. The van der Waals surface area contributed by atoms with Crippen LogP contribution in [0, 0.1) is 5.82 Å². The van der Waals surface area contributed by atoms with Gasteiger partial charge < -0.3 is 15.2 Å². The summed E-state index contributed by atoms with van der Waals surface area (Å²) in [6.07, 6.45) is 3.79. The fourth-order valence-electron chi connectivity index (χ4n) is 2.52. The Labute approximate surface area is 160 Å². The molecular formula is C20H17FN2O3S. The van der Waals surface area contributed by atoms with Crippen LogP contribution in [0.3, 0.4) is 0 Å². The van der Waals surface area contributed by atoms with Crippen molar-refractivity contribution in [2.45, 2.75) is 6.42 Å². The van der Waals surface area contributed by atoms with E-state index in [0.29, 0.717) is 33.4 Å². The molecule has 138 valence electrons. The Morgan fingerprint density at radius 3 is 2.85 bits per heavy atom. The van der Waals surface area contributed by atoms with Gasteiger partial charge in [-0.25, -0.2) is 9.38 Å². The zero-order valence-electron chi connectivity index (χ0n) is 14.5. The van der Waals surface area contributed by atoms with E-state index in [1.165, 1.54) is 19.2 Å². The number of nitrogens with one attached hydrogen (secondary N) is 1. The first-order valence-corrected chi connectivity index (χ1v) is 8.88. The average Bonchev–Trinajstić information content (AvgIpc) is 2.99. The number of amides is 1. The largest absolute Gasteiger partial charge is 0.504 e. The Kier molecular flexibility index (Phi) is 5.61. The van der Waals surface area contributed by atoms with E-state index < -0.39 is 5.82 Å². The normalized spacial score (nSPS) is 16.6. The molecule has 0 radical (unpaired) electrons. The number of aliphatic imine (C=N–C) groups is 1. The molecule has 3 rings (SSSR count). The highest BCUT2D eigenvalue weighted by molar-refractivity contribution is 8.18. The van der Waals surface area contributed by atoms with Crippen molar-refractivity contribution in [2.24, 2.45) is 4.99 Å². The maximum absolute atomic E-state index is 13.7. The lowest BCUT2D eigenvalue weighted by molar-refractivity contribution is -0.115. The van der Waals surface area contributed by atoms with Gasteiger partial charge in [0.15, 0.2) is 16.7 Å². The second-order valence-corrected chi connectivity index (χ2v) is 6.69. The van der Waals surface area contributed by atoms with Crippen LogP contribution in [0.4, 0.5) is 10.1 Å². The van der Waals surface area contributed by atoms with E-state index in [0.717, 1.165) is 11.8 Å². The summed E-state index contributed by atoms with van der Waals surface area (Å²) in [7, 11) is 1.46. The molecule has 1 aliphatic heterocycles. The second-order valence-electron chi connectivity index (χ2n) is 5.66. The van der Waals surface area contributed by atoms with Gasteiger partial charge in [0.25, 0.3) is 5.91 Å². The highest BCUT2D eigenvalue weighted by Gasteiger charge is 2.24. The summed E-state index contributed by atoms with van der Waals surface area (Å²) in [4.78, 5) is 16.8. The minimum Gasteiger partial charge on any atom is -0.504 e. The van der Waals surface area contributed by atoms with Crippen LogP contribution in [-0.2, 0) is 11.2 Å². The summed E-state index contributed by atoms with van der Waals surface area (Å²) in [6.45, 7) is 3.67. The van der Waals surface area contributed by atoms with Gasteiger partial charge in [-0.05, 0) is 54.1 Å². The van der Waals surface area contributed by atoms with Gasteiger partial charge in [-0.2, -0.15) is 0 Å². The van der Waals surface area contributed by atoms with Crippen molar-refractivity contribution in [3.05, 3.63) is 70.9 Å². The van der Waals surface area contributed by atoms with Crippen molar-refractivity contribution in [3.63, 3.8) is 0 Å². The molecule has 1 fully saturated rings. The first-order chi connectivity index (χ1) is 13.0. The number of amidine groups is 1. The third-order valence-corrected chi connectivity index (χ3v) is 4.69. The van der Waals surface area contributed by atoms with Gasteiger partial charge in [-0.15, -0.1) is 6.58 Å². The molecule has 0 aliphatic carbocycles. The number of hydrogen-bond acceptors (Lipinski definition) is 5. The van der Waals surface area contributed by atoms with E-state index in [1.54, 1.807) is 36.4 Å². The fraction of sp³-hybridized carbons (Fsp3) is 0.100. The molecule has 5 nitrogen and oxygen atoms in total. The van der Waals surface area contributed by atoms with Crippen LogP contribution < -0.4 is 10.1 Å². The van der Waals surface area contributed by atoms with Crippen LogP contribution in [-0.4, -0.2) is 23.3 Å². The molecule has 7 heteroatoms. The summed E-state index contributed by atoms with van der Waals surface area (Å²) in [5, 5.41) is 13.1. The SMILES string of the molecule is C=CCc1cc(/C=C2\SC(=Nc3ccccc3F)NC2=O)cc(OC)c1O. The Hall–Kier alpha value is -3.06. The topological polar surface area (TPSA) is 70.9 Å². The van der Waals surface area contributed by atoms with Gasteiger partial charge >= 0.3 is 0 Å². The number of carbonyl (C=O) groups excluding carboxylic acids is 1. The van der Waals surface area contributed by atoms with Crippen LogP contribution >= 0.6 is 11.8 Å². The summed E-state index contributed by atoms with van der Waals surface area (Å²) in [5.41, 5.74) is 1.48. The lowest BCUT2D eigenvalue weighted by Crippen LogP contribution is -2.19.